The van der Waals surface area contributed by atoms with Crippen LogP contribution >= 0.6 is 0 Å². The highest BCUT2D eigenvalue weighted by molar-refractivity contribution is 5.86. The van der Waals surface area contributed by atoms with Crippen molar-refractivity contribution in [2.24, 2.45) is 4.99 Å². The van der Waals surface area contributed by atoms with Gasteiger partial charge < -0.3 is 20.9 Å². The van der Waals surface area contributed by atoms with E-state index in [2.05, 4.69) is 20.9 Å². The number of nitrogens with one attached hydrogen (secondary N) is 3. The molecule has 1 unspecified atom stereocenters. The monoisotopic (exact) mass is 369 g/mol. The van der Waals surface area contributed by atoms with E-state index < -0.39 is 17.7 Å². The van der Waals surface area contributed by atoms with Crippen molar-refractivity contribution >= 4 is 11.9 Å². The topological polar surface area (TPSA) is 68.8 Å². The van der Waals surface area contributed by atoms with Gasteiger partial charge in [-0.3, -0.25) is 9.79 Å². The lowest BCUT2D eigenvalue weighted by atomic mass is 10.0. The fraction of sp³-hybridized carbons (Fsp3) is 0.556. The minimum atomic E-state index is -0.599. The highest BCUT2D eigenvalue weighted by Gasteiger charge is 2.22. The Kier molecular flexibility index (Phi) is 7.95. The molecule has 1 aromatic carbocycles. The first-order chi connectivity index (χ1) is 12.0. The van der Waals surface area contributed by atoms with Crippen LogP contribution < -0.4 is 16.0 Å². The van der Waals surface area contributed by atoms with E-state index in [1.54, 1.807) is 26.0 Å². The lowest BCUT2D eigenvalue weighted by Crippen LogP contribution is -2.49. The number of halogens is 2. The van der Waals surface area contributed by atoms with E-state index in [-0.39, 0.29) is 30.1 Å². The van der Waals surface area contributed by atoms with E-state index >= 15 is 0 Å². The lowest BCUT2D eigenvalue weighted by molar-refractivity contribution is -0.121. The molecule has 0 aliphatic rings. The number of hydrogen-bond acceptors (Lipinski definition) is 3. The standard InChI is InChI=1S/C18H29F2N5O/c1-18(2,3)24-15(26)11-23-17(21-4)22-10-14(25(5)6)16-12(19)8-7-9-13(16)20/h7-9,14H,10-11H2,1-6H3,(H,24,26)(H2,21,22,23). The molecule has 1 atom stereocenters. The number of hydrogen-bond donors (Lipinski definition) is 3. The molecule has 0 saturated heterocycles. The third-order valence-corrected chi connectivity index (χ3v) is 3.57. The van der Waals surface area contributed by atoms with Crippen LogP contribution in [0.5, 0.6) is 0 Å². The van der Waals surface area contributed by atoms with Gasteiger partial charge in [-0.2, -0.15) is 0 Å². The molecule has 146 valence electrons. The van der Waals surface area contributed by atoms with Crippen molar-refractivity contribution in [3.63, 3.8) is 0 Å². The van der Waals surface area contributed by atoms with E-state index in [0.29, 0.717) is 5.96 Å². The van der Waals surface area contributed by atoms with Gasteiger partial charge in [-0.05, 0) is 47.0 Å². The Morgan fingerprint density at radius 2 is 1.77 bits per heavy atom. The molecule has 0 bridgehead atoms. The van der Waals surface area contributed by atoms with Gasteiger partial charge in [0.15, 0.2) is 5.96 Å². The number of nitrogens with zero attached hydrogens (tertiary/aromatic N) is 2. The molecule has 0 aromatic heterocycles. The van der Waals surface area contributed by atoms with Crippen molar-refractivity contribution < 1.29 is 13.6 Å². The summed E-state index contributed by atoms with van der Waals surface area (Å²) < 4.78 is 28.2. The van der Waals surface area contributed by atoms with Gasteiger partial charge in [0.2, 0.25) is 5.91 Å². The molecule has 26 heavy (non-hydrogen) atoms. The van der Waals surface area contributed by atoms with Gasteiger partial charge in [-0.15, -0.1) is 0 Å². The smallest absolute Gasteiger partial charge is 0.239 e. The summed E-state index contributed by atoms with van der Waals surface area (Å²) >= 11 is 0. The zero-order valence-electron chi connectivity index (χ0n) is 16.3. The van der Waals surface area contributed by atoms with Gasteiger partial charge in [0.1, 0.15) is 11.6 Å². The molecule has 0 spiro atoms. The molecule has 0 saturated carbocycles. The van der Waals surface area contributed by atoms with Crippen LogP contribution in [0.15, 0.2) is 23.2 Å². The fourth-order valence-corrected chi connectivity index (χ4v) is 2.41. The van der Waals surface area contributed by atoms with Gasteiger partial charge in [0.25, 0.3) is 0 Å². The Morgan fingerprint density at radius 1 is 1.19 bits per heavy atom. The van der Waals surface area contributed by atoms with E-state index in [4.69, 9.17) is 0 Å². The van der Waals surface area contributed by atoms with Crippen LogP contribution in [0, 0.1) is 11.6 Å². The van der Waals surface area contributed by atoms with Gasteiger partial charge in [-0.25, -0.2) is 8.78 Å². The zero-order valence-corrected chi connectivity index (χ0v) is 16.3. The van der Waals surface area contributed by atoms with Crippen molar-refractivity contribution in [1.82, 2.24) is 20.9 Å². The van der Waals surface area contributed by atoms with Crippen LogP contribution in [-0.4, -0.2) is 56.5 Å². The molecule has 0 aliphatic heterocycles. The summed E-state index contributed by atoms with van der Waals surface area (Å²) in [6, 6.07) is 3.26. The molecular weight excluding hydrogens is 340 g/mol. The van der Waals surface area contributed by atoms with E-state index in [9.17, 15) is 13.6 Å². The summed E-state index contributed by atoms with van der Waals surface area (Å²) in [5.74, 6) is -1.00. The Bertz CT molecular complexity index is 621. The molecular formula is C18H29F2N5O. The van der Waals surface area contributed by atoms with Crippen LogP contribution in [0.2, 0.25) is 0 Å². The number of carbonyl (C=O) groups is 1. The van der Waals surface area contributed by atoms with Crippen LogP contribution in [-0.2, 0) is 4.79 Å². The minimum absolute atomic E-state index is 0.00840. The molecule has 1 aromatic rings. The van der Waals surface area contributed by atoms with Crippen LogP contribution in [0.25, 0.3) is 0 Å². The molecule has 0 radical (unpaired) electrons. The predicted molar refractivity (Wildman–Crippen MR) is 100 cm³/mol. The Morgan fingerprint density at radius 3 is 2.23 bits per heavy atom. The van der Waals surface area contributed by atoms with E-state index in [1.165, 1.54) is 18.2 Å². The van der Waals surface area contributed by atoms with Gasteiger partial charge >= 0.3 is 0 Å². The second kappa shape index (κ2) is 9.47. The zero-order chi connectivity index (χ0) is 19.9. The maximum absolute atomic E-state index is 14.1. The number of carbonyl (C=O) groups excluding carboxylic acids is 1. The summed E-state index contributed by atoms with van der Waals surface area (Å²) in [5, 5.41) is 8.72. The first kappa shape index (κ1) is 21.8. The first-order valence-electron chi connectivity index (χ1n) is 8.41. The average molecular weight is 369 g/mol. The van der Waals surface area contributed by atoms with Crippen LogP contribution in [0.1, 0.15) is 32.4 Å². The summed E-state index contributed by atoms with van der Waals surface area (Å²) in [7, 11) is 5.04. The molecule has 6 nitrogen and oxygen atoms in total. The van der Waals surface area contributed by atoms with Gasteiger partial charge in [-0.1, -0.05) is 6.07 Å². The Hall–Kier alpha value is -2.22. The summed E-state index contributed by atoms with van der Waals surface area (Å²) in [6.07, 6.45) is 0. The number of likely N-dealkylation sites (N-methyl/N-ethyl adjacent to an activating group) is 1. The van der Waals surface area contributed by atoms with Crippen LogP contribution in [0.3, 0.4) is 0 Å². The van der Waals surface area contributed by atoms with E-state index in [0.717, 1.165) is 0 Å². The molecule has 8 heteroatoms. The second-order valence-corrected chi connectivity index (χ2v) is 7.22. The van der Waals surface area contributed by atoms with Gasteiger partial charge in [0, 0.05) is 24.7 Å². The first-order valence-corrected chi connectivity index (χ1v) is 8.41. The van der Waals surface area contributed by atoms with E-state index in [1.807, 2.05) is 20.8 Å². The van der Waals surface area contributed by atoms with Gasteiger partial charge in [0.05, 0.1) is 12.6 Å². The molecule has 0 heterocycles. The highest BCUT2D eigenvalue weighted by atomic mass is 19.1. The van der Waals surface area contributed by atoms with Crippen molar-refractivity contribution in [1.29, 1.82) is 0 Å². The third kappa shape index (κ3) is 6.95. The summed E-state index contributed by atoms with van der Waals surface area (Å²) in [4.78, 5) is 17.6. The normalized spacial score (nSPS) is 13.5. The van der Waals surface area contributed by atoms with Crippen molar-refractivity contribution in [3.05, 3.63) is 35.4 Å². The number of benzene rings is 1. The van der Waals surface area contributed by atoms with Crippen molar-refractivity contribution in [3.8, 4) is 0 Å². The number of guanidine groups is 1. The molecule has 0 fully saturated rings. The lowest BCUT2D eigenvalue weighted by Gasteiger charge is -2.27. The number of aliphatic imine (C=N–C) groups is 1. The Balaban J connectivity index is 2.72. The third-order valence-electron chi connectivity index (χ3n) is 3.57. The maximum Gasteiger partial charge on any atom is 0.239 e. The maximum atomic E-state index is 14.1. The number of rotatable bonds is 6. The molecule has 1 amide bonds. The largest absolute Gasteiger partial charge is 0.354 e. The molecule has 1 rings (SSSR count). The summed E-state index contributed by atoms with van der Waals surface area (Å²) in [5.41, 5.74) is -0.334. The van der Waals surface area contributed by atoms with Crippen molar-refractivity contribution in [2.45, 2.75) is 32.4 Å². The number of amides is 1. The fourth-order valence-electron chi connectivity index (χ4n) is 2.41. The van der Waals surface area contributed by atoms with Crippen LogP contribution in [0.4, 0.5) is 8.78 Å². The SMILES string of the molecule is CN=C(NCC(=O)NC(C)(C)C)NCC(c1c(F)cccc1F)N(C)C. The highest BCUT2D eigenvalue weighted by Crippen LogP contribution is 2.23. The average Bonchev–Trinajstić information content (AvgIpc) is 2.50. The predicted octanol–water partition coefficient (Wildman–Crippen LogP) is 1.65. The quantitative estimate of drug-likeness (QED) is 0.527. The molecule has 0 aliphatic carbocycles. The minimum Gasteiger partial charge on any atom is -0.354 e. The molecule has 3 N–H and O–H groups in total. The second-order valence-electron chi connectivity index (χ2n) is 7.22. The summed E-state index contributed by atoms with van der Waals surface area (Å²) in [6.45, 7) is 5.93. The Labute approximate surface area is 154 Å². The van der Waals surface area contributed by atoms with Crippen molar-refractivity contribution in [2.75, 3.05) is 34.2 Å².